The zero-order chi connectivity index (χ0) is 19.7. The van der Waals surface area contributed by atoms with E-state index in [0.29, 0.717) is 16.7 Å². The predicted octanol–water partition coefficient (Wildman–Crippen LogP) is 0.900. The van der Waals surface area contributed by atoms with Gasteiger partial charge in [-0.3, -0.25) is 14.2 Å². The number of benzene rings is 1. The Morgan fingerprint density at radius 1 is 1.25 bits per heavy atom. The number of fused-ring (bicyclic) bond motifs is 1. The van der Waals surface area contributed by atoms with E-state index in [9.17, 15) is 14.7 Å². The molecule has 10 heteroatoms. The van der Waals surface area contributed by atoms with Crippen LogP contribution in [0.25, 0.3) is 11.2 Å². The fraction of sp³-hybridized carbons (Fsp3) is 0.278. The van der Waals surface area contributed by atoms with Crippen molar-refractivity contribution in [2.45, 2.75) is 25.4 Å². The summed E-state index contributed by atoms with van der Waals surface area (Å²) in [6.45, 7) is 1.26. The molecule has 0 radical (unpaired) electrons. The topological polar surface area (TPSA) is 128 Å². The number of nitrogens with zero attached hydrogens (tertiary/aromatic N) is 4. The smallest absolute Gasteiger partial charge is 0.303 e. The molecule has 10 nitrogen and oxygen atoms in total. The van der Waals surface area contributed by atoms with Crippen LogP contribution in [0.2, 0.25) is 0 Å². The molecule has 144 valence electrons. The number of rotatable bonds is 4. The Labute approximate surface area is 159 Å². The first-order valence-corrected chi connectivity index (χ1v) is 8.55. The Bertz CT molecular complexity index is 1020. The highest BCUT2D eigenvalue weighted by Crippen LogP contribution is 2.30. The molecule has 1 aromatic carbocycles. The molecule has 0 unspecified atom stereocenters. The largest absolute Gasteiger partial charge is 0.455 e. The van der Waals surface area contributed by atoms with Crippen LogP contribution in [0.1, 0.15) is 23.5 Å². The molecule has 3 heterocycles. The number of ether oxygens (including phenoxy) is 2. The molecule has 1 saturated heterocycles. The van der Waals surface area contributed by atoms with Crippen LogP contribution in [-0.2, 0) is 14.3 Å². The van der Waals surface area contributed by atoms with Crippen molar-refractivity contribution in [3.05, 3.63) is 48.5 Å². The maximum Gasteiger partial charge on any atom is 0.303 e. The molecule has 2 aromatic heterocycles. The summed E-state index contributed by atoms with van der Waals surface area (Å²) in [6.07, 6.45) is 0.0680. The third-order valence-corrected chi connectivity index (χ3v) is 4.30. The van der Waals surface area contributed by atoms with Gasteiger partial charge in [-0.1, -0.05) is 18.2 Å². The number of imidazole rings is 1. The van der Waals surface area contributed by atoms with E-state index >= 15 is 0 Å². The van der Waals surface area contributed by atoms with Gasteiger partial charge in [0.05, 0.1) is 12.9 Å². The molecule has 2 N–H and O–H groups in total. The number of aromatic nitrogens is 4. The highest BCUT2D eigenvalue weighted by atomic mass is 16.6. The van der Waals surface area contributed by atoms with Crippen molar-refractivity contribution in [1.29, 1.82) is 0 Å². The lowest BCUT2D eigenvalue weighted by atomic mass is 10.2. The number of anilines is 1. The van der Waals surface area contributed by atoms with Crippen LogP contribution >= 0.6 is 0 Å². The summed E-state index contributed by atoms with van der Waals surface area (Å²) >= 11 is 0. The van der Waals surface area contributed by atoms with Crippen LogP contribution in [0.4, 0.5) is 5.82 Å². The van der Waals surface area contributed by atoms with Gasteiger partial charge in [0.2, 0.25) is 0 Å². The van der Waals surface area contributed by atoms with Crippen molar-refractivity contribution in [3.8, 4) is 0 Å². The maximum atomic E-state index is 12.4. The molecule has 1 aliphatic rings. The van der Waals surface area contributed by atoms with E-state index < -0.39 is 24.4 Å². The zero-order valence-corrected chi connectivity index (χ0v) is 14.8. The number of carbonyl (C=O) groups is 2. The van der Waals surface area contributed by atoms with Gasteiger partial charge in [0.25, 0.3) is 5.91 Å². The molecule has 3 aromatic rings. The molecule has 0 bridgehead atoms. The molecule has 0 spiro atoms. The van der Waals surface area contributed by atoms with Gasteiger partial charge in [-0.2, -0.15) is 0 Å². The fourth-order valence-electron chi connectivity index (χ4n) is 3.04. The van der Waals surface area contributed by atoms with Crippen LogP contribution in [0.5, 0.6) is 0 Å². The number of nitrogens with one attached hydrogen (secondary N) is 1. The standard InChI is InChI=1S/C18H17N5O5/c1-10(24)28-14-12(25)7-27-18(14)23-9-21-13-15(19-8-20-16(13)23)22-17(26)11-5-3-2-4-6-11/h2-6,8-9,12,14,18,25H,7H2,1H3,(H,19,20,22,26)/t12-,14+,18+/m0/s1. The minimum absolute atomic E-state index is 0.00493. The minimum Gasteiger partial charge on any atom is -0.455 e. The van der Waals surface area contributed by atoms with Gasteiger partial charge in [-0.05, 0) is 12.1 Å². The lowest BCUT2D eigenvalue weighted by molar-refractivity contribution is -0.155. The van der Waals surface area contributed by atoms with Crippen molar-refractivity contribution < 1.29 is 24.2 Å². The first kappa shape index (κ1) is 18.0. The Morgan fingerprint density at radius 3 is 2.79 bits per heavy atom. The molecule has 1 fully saturated rings. The monoisotopic (exact) mass is 383 g/mol. The summed E-state index contributed by atoms with van der Waals surface area (Å²) in [7, 11) is 0. The average Bonchev–Trinajstić information content (AvgIpc) is 3.27. The SMILES string of the molecule is CC(=O)O[C@H]1[C@H](n2cnc3c(NC(=O)c4ccccc4)ncnc32)OC[C@@H]1O. The van der Waals surface area contributed by atoms with Crippen molar-refractivity contribution in [3.63, 3.8) is 0 Å². The first-order valence-electron chi connectivity index (χ1n) is 8.55. The molecule has 1 amide bonds. The Morgan fingerprint density at radius 2 is 2.04 bits per heavy atom. The van der Waals surface area contributed by atoms with Gasteiger partial charge in [-0.25, -0.2) is 15.0 Å². The molecule has 0 saturated carbocycles. The Hall–Kier alpha value is -3.37. The van der Waals surface area contributed by atoms with Crippen LogP contribution in [-0.4, -0.2) is 55.3 Å². The van der Waals surface area contributed by atoms with Gasteiger partial charge < -0.3 is 19.9 Å². The summed E-state index contributed by atoms with van der Waals surface area (Å²) in [5.41, 5.74) is 1.19. The van der Waals surface area contributed by atoms with Gasteiger partial charge in [0.15, 0.2) is 29.3 Å². The summed E-state index contributed by atoms with van der Waals surface area (Å²) in [5.74, 6) is -0.630. The van der Waals surface area contributed by atoms with Crippen LogP contribution in [0.15, 0.2) is 43.0 Å². The van der Waals surface area contributed by atoms with E-state index in [-0.39, 0.29) is 18.3 Å². The van der Waals surface area contributed by atoms with Crippen molar-refractivity contribution in [2.75, 3.05) is 11.9 Å². The Balaban J connectivity index is 1.65. The molecule has 0 aliphatic carbocycles. The van der Waals surface area contributed by atoms with E-state index in [1.54, 1.807) is 28.8 Å². The first-order chi connectivity index (χ1) is 13.5. The van der Waals surface area contributed by atoms with Crippen molar-refractivity contribution >= 4 is 28.9 Å². The highest BCUT2D eigenvalue weighted by Gasteiger charge is 2.41. The third kappa shape index (κ3) is 3.30. The summed E-state index contributed by atoms with van der Waals surface area (Å²) in [6, 6.07) is 8.71. The average molecular weight is 383 g/mol. The predicted molar refractivity (Wildman–Crippen MR) is 96.3 cm³/mol. The number of hydrogen-bond donors (Lipinski definition) is 2. The molecule has 3 atom stereocenters. The minimum atomic E-state index is -0.967. The quantitative estimate of drug-likeness (QED) is 0.636. The molecular formula is C18H17N5O5. The number of aliphatic hydroxyl groups is 1. The zero-order valence-electron chi connectivity index (χ0n) is 14.8. The number of esters is 1. The van der Waals surface area contributed by atoms with E-state index in [1.165, 1.54) is 19.6 Å². The molecule has 1 aliphatic heterocycles. The number of amides is 1. The van der Waals surface area contributed by atoms with E-state index in [2.05, 4.69) is 20.3 Å². The van der Waals surface area contributed by atoms with Crippen LogP contribution in [0, 0.1) is 0 Å². The lowest BCUT2D eigenvalue weighted by Gasteiger charge is -2.21. The van der Waals surface area contributed by atoms with Crippen molar-refractivity contribution in [2.24, 2.45) is 0 Å². The van der Waals surface area contributed by atoms with Gasteiger partial charge >= 0.3 is 5.97 Å². The fourth-order valence-corrected chi connectivity index (χ4v) is 3.04. The van der Waals surface area contributed by atoms with Crippen molar-refractivity contribution in [1.82, 2.24) is 19.5 Å². The number of carbonyl (C=O) groups excluding carboxylic acids is 2. The molecular weight excluding hydrogens is 366 g/mol. The van der Waals surface area contributed by atoms with Gasteiger partial charge in [0, 0.05) is 12.5 Å². The second kappa shape index (κ2) is 7.33. The highest BCUT2D eigenvalue weighted by molar-refractivity contribution is 6.06. The number of hydrogen-bond acceptors (Lipinski definition) is 8. The number of aliphatic hydroxyl groups excluding tert-OH is 1. The molecule has 4 rings (SSSR count). The van der Waals surface area contributed by atoms with E-state index in [0.717, 1.165) is 0 Å². The van der Waals surface area contributed by atoms with Gasteiger partial charge in [0.1, 0.15) is 12.4 Å². The van der Waals surface area contributed by atoms with Crippen LogP contribution < -0.4 is 5.32 Å². The van der Waals surface area contributed by atoms with Gasteiger partial charge in [-0.15, -0.1) is 0 Å². The Kier molecular flexibility index (Phi) is 4.72. The third-order valence-electron chi connectivity index (χ3n) is 4.30. The second-order valence-electron chi connectivity index (χ2n) is 6.23. The normalized spacial score (nSPS) is 21.6. The summed E-state index contributed by atoms with van der Waals surface area (Å²) in [5, 5.41) is 12.8. The summed E-state index contributed by atoms with van der Waals surface area (Å²) < 4.78 is 12.3. The molecule has 28 heavy (non-hydrogen) atoms. The van der Waals surface area contributed by atoms with Crippen LogP contribution in [0.3, 0.4) is 0 Å². The van der Waals surface area contributed by atoms with E-state index in [4.69, 9.17) is 9.47 Å². The lowest BCUT2D eigenvalue weighted by Crippen LogP contribution is -2.33. The second-order valence-corrected chi connectivity index (χ2v) is 6.23. The maximum absolute atomic E-state index is 12.4. The summed E-state index contributed by atoms with van der Waals surface area (Å²) in [4.78, 5) is 36.3. The van der Waals surface area contributed by atoms with E-state index in [1.807, 2.05) is 6.07 Å².